The highest BCUT2D eigenvalue weighted by atomic mass is 16.5. The first kappa shape index (κ1) is 12.9. The molecule has 0 aliphatic rings. The first-order chi connectivity index (χ1) is 5.90. The molecule has 0 saturated carbocycles. The van der Waals surface area contributed by atoms with Crippen LogP contribution in [0.1, 0.15) is 47.5 Å². The Kier molecular flexibility index (Phi) is 5.57. The Morgan fingerprint density at radius 2 is 1.62 bits per heavy atom. The average molecular weight is 187 g/mol. The Balaban J connectivity index is 3.78. The standard InChI is InChI=1S/C11H25NO/c1-6-9(7-2)10(12)8-13-11(3,4)5/h9-10H,6-8,12H2,1-5H3. The largest absolute Gasteiger partial charge is 0.374 e. The van der Waals surface area contributed by atoms with E-state index in [4.69, 9.17) is 10.5 Å². The van der Waals surface area contributed by atoms with Gasteiger partial charge in [-0.2, -0.15) is 0 Å². The molecule has 0 radical (unpaired) electrons. The van der Waals surface area contributed by atoms with Crippen LogP contribution in [-0.4, -0.2) is 18.2 Å². The molecule has 13 heavy (non-hydrogen) atoms. The van der Waals surface area contributed by atoms with E-state index in [1.807, 2.05) is 0 Å². The van der Waals surface area contributed by atoms with Gasteiger partial charge in [-0.1, -0.05) is 26.7 Å². The second-order valence-corrected chi connectivity index (χ2v) is 4.66. The van der Waals surface area contributed by atoms with E-state index < -0.39 is 0 Å². The molecule has 0 bridgehead atoms. The molecule has 1 unspecified atom stereocenters. The molecular formula is C11H25NO. The van der Waals surface area contributed by atoms with Crippen LogP contribution < -0.4 is 5.73 Å². The molecule has 80 valence electrons. The van der Waals surface area contributed by atoms with Gasteiger partial charge in [-0.25, -0.2) is 0 Å². The highest BCUT2D eigenvalue weighted by molar-refractivity contribution is 4.72. The third-order valence-electron chi connectivity index (χ3n) is 2.36. The van der Waals surface area contributed by atoms with Crippen molar-refractivity contribution < 1.29 is 4.74 Å². The van der Waals surface area contributed by atoms with E-state index in [9.17, 15) is 0 Å². The van der Waals surface area contributed by atoms with Crippen LogP contribution in [0.3, 0.4) is 0 Å². The number of rotatable bonds is 5. The van der Waals surface area contributed by atoms with Gasteiger partial charge in [-0.3, -0.25) is 0 Å². The lowest BCUT2D eigenvalue weighted by atomic mass is 9.95. The van der Waals surface area contributed by atoms with Crippen LogP contribution in [0.4, 0.5) is 0 Å². The Hall–Kier alpha value is -0.0800. The summed E-state index contributed by atoms with van der Waals surface area (Å²) in [5, 5.41) is 0. The van der Waals surface area contributed by atoms with Gasteiger partial charge in [-0.15, -0.1) is 0 Å². The van der Waals surface area contributed by atoms with Crippen LogP contribution >= 0.6 is 0 Å². The SMILES string of the molecule is CCC(CC)C(N)COC(C)(C)C. The molecule has 0 heterocycles. The van der Waals surface area contributed by atoms with E-state index in [0.717, 1.165) is 12.8 Å². The molecule has 0 saturated heterocycles. The van der Waals surface area contributed by atoms with Crippen molar-refractivity contribution in [3.8, 4) is 0 Å². The quantitative estimate of drug-likeness (QED) is 0.718. The van der Waals surface area contributed by atoms with Crippen LogP contribution in [0.25, 0.3) is 0 Å². The average Bonchev–Trinajstić information content (AvgIpc) is 2.02. The Morgan fingerprint density at radius 1 is 1.15 bits per heavy atom. The van der Waals surface area contributed by atoms with E-state index in [2.05, 4.69) is 34.6 Å². The molecule has 0 fully saturated rings. The Labute approximate surface area is 82.8 Å². The van der Waals surface area contributed by atoms with E-state index in [-0.39, 0.29) is 11.6 Å². The monoisotopic (exact) mass is 187 g/mol. The van der Waals surface area contributed by atoms with Crippen LogP contribution in [0.15, 0.2) is 0 Å². The van der Waals surface area contributed by atoms with Gasteiger partial charge in [0.25, 0.3) is 0 Å². The zero-order valence-corrected chi connectivity index (χ0v) is 9.76. The predicted octanol–water partition coefficient (Wildman–Crippen LogP) is 2.57. The zero-order chi connectivity index (χ0) is 10.5. The molecule has 0 spiro atoms. The number of hydrogen-bond donors (Lipinski definition) is 1. The predicted molar refractivity (Wildman–Crippen MR) is 57.8 cm³/mol. The molecule has 2 N–H and O–H groups in total. The van der Waals surface area contributed by atoms with E-state index in [1.54, 1.807) is 0 Å². The number of hydrogen-bond acceptors (Lipinski definition) is 2. The topological polar surface area (TPSA) is 35.2 Å². The molecule has 0 amide bonds. The summed E-state index contributed by atoms with van der Waals surface area (Å²) in [5.74, 6) is 0.599. The highest BCUT2D eigenvalue weighted by Gasteiger charge is 2.17. The summed E-state index contributed by atoms with van der Waals surface area (Å²) in [7, 11) is 0. The first-order valence-corrected chi connectivity index (χ1v) is 5.30. The molecule has 2 heteroatoms. The normalized spacial score (nSPS) is 15.0. The second-order valence-electron chi connectivity index (χ2n) is 4.66. The fourth-order valence-electron chi connectivity index (χ4n) is 1.38. The minimum atomic E-state index is -0.0658. The van der Waals surface area contributed by atoms with Crippen molar-refractivity contribution in [1.82, 2.24) is 0 Å². The molecular weight excluding hydrogens is 162 g/mol. The summed E-state index contributed by atoms with van der Waals surface area (Å²) in [6.07, 6.45) is 2.29. The van der Waals surface area contributed by atoms with E-state index in [1.165, 1.54) is 0 Å². The van der Waals surface area contributed by atoms with Crippen molar-refractivity contribution in [2.45, 2.75) is 59.1 Å². The molecule has 0 aliphatic heterocycles. The number of nitrogens with two attached hydrogens (primary N) is 1. The summed E-state index contributed by atoms with van der Waals surface area (Å²) in [4.78, 5) is 0. The van der Waals surface area contributed by atoms with Crippen LogP contribution in [0, 0.1) is 5.92 Å². The third kappa shape index (κ3) is 6.05. The first-order valence-electron chi connectivity index (χ1n) is 5.30. The maximum Gasteiger partial charge on any atom is 0.0627 e. The molecule has 0 aliphatic carbocycles. The summed E-state index contributed by atoms with van der Waals surface area (Å²) in [5.41, 5.74) is 5.96. The van der Waals surface area contributed by atoms with Crippen LogP contribution in [0.5, 0.6) is 0 Å². The van der Waals surface area contributed by atoms with Crippen molar-refractivity contribution in [2.24, 2.45) is 11.7 Å². The molecule has 0 rings (SSSR count). The van der Waals surface area contributed by atoms with Gasteiger partial charge in [-0.05, 0) is 26.7 Å². The fourth-order valence-corrected chi connectivity index (χ4v) is 1.38. The lowest BCUT2D eigenvalue weighted by Gasteiger charge is -2.26. The third-order valence-corrected chi connectivity index (χ3v) is 2.36. The van der Waals surface area contributed by atoms with Gasteiger partial charge in [0.1, 0.15) is 0 Å². The van der Waals surface area contributed by atoms with E-state index >= 15 is 0 Å². The van der Waals surface area contributed by atoms with Gasteiger partial charge < -0.3 is 10.5 Å². The van der Waals surface area contributed by atoms with Crippen molar-refractivity contribution in [2.75, 3.05) is 6.61 Å². The van der Waals surface area contributed by atoms with Gasteiger partial charge in [0, 0.05) is 6.04 Å². The lowest BCUT2D eigenvalue weighted by molar-refractivity contribution is -0.0171. The maximum atomic E-state index is 6.02. The molecule has 1 atom stereocenters. The lowest BCUT2D eigenvalue weighted by Crippen LogP contribution is -2.37. The van der Waals surface area contributed by atoms with Crippen LogP contribution in [-0.2, 0) is 4.74 Å². The second kappa shape index (κ2) is 5.61. The van der Waals surface area contributed by atoms with Gasteiger partial charge in [0.2, 0.25) is 0 Å². The Morgan fingerprint density at radius 3 is 1.92 bits per heavy atom. The molecule has 0 aromatic rings. The summed E-state index contributed by atoms with van der Waals surface area (Å²) in [6, 6.07) is 0.189. The molecule has 0 aromatic carbocycles. The summed E-state index contributed by atoms with van der Waals surface area (Å²) >= 11 is 0. The smallest absolute Gasteiger partial charge is 0.0627 e. The minimum Gasteiger partial charge on any atom is -0.374 e. The van der Waals surface area contributed by atoms with Crippen molar-refractivity contribution >= 4 is 0 Å². The van der Waals surface area contributed by atoms with Gasteiger partial charge in [0.05, 0.1) is 12.2 Å². The van der Waals surface area contributed by atoms with E-state index in [0.29, 0.717) is 12.5 Å². The highest BCUT2D eigenvalue weighted by Crippen LogP contribution is 2.14. The number of ether oxygens (including phenoxy) is 1. The summed E-state index contributed by atoms with van der Waals surface area (Å²) < 4.78 is 5.65. The fraction of sp³-hybridized carbons (Fsp3) is 1.00. The molecule has 2 nitrogen and oxygen atoms in total. The van der Waals surface area contributed by atoms with Crippen molar-refractivity contribution in [3.05, 3.63) is 0 Å². The zero-order valence-electron chi connectivity index (χ0n) is 9.76. The minimum absolute atomic E-state index is 0.0658. The van der Waals surface area contributed by atoms with Gasteiger partial charge in [0.15, 0.2) is 0 Å². The van der Waals surface area contributed by atoms with Crippen molar-refractivity contribution in [1.29, 1.82) is 0 Å². The van der Waals surface area contributed by atoms with Gasteiger partial charge >= 0.3 is 0 Å². The Bertz CT molecular complexity index is 125. The maximum absolute atomic E-state index is 6.02. The van der Waals surface area contributed by atoms with Crippen LogP contribution in [0.2, 0.25) is 0 Å². The summed E-state index contributed by atoms with van der Waals surface area (Å²) in [6.45, 7) is 11.2. The molecule has 0 aromatic heterocycles. The van der Waals surface area contributed by atoms with Crippen molar-refractivity contribution in [3.63, 3.8) is 0 Å².